The number of aromatic nitrogens is 5. The summed E-state index contributed by atoms with van der Waals surface area (Å²) in [6, 6.07) is 22.6. The predicted octanol–water partition coefficient (Wildman–Crippen LogP) is 4.39. The molecular weight excluding hydrogens is 382 g/mol. The van der Waals surface area contributed by atoms with Gasteiger partial charge in [-0.25, -0.2) is 14.2 Å². The number of aryl methyl sites for hydroxylation is 1. The average Bonchev–Trinajstić information content (AvgIpc) is 3.53. The second kappa shape index (κ2) is 7.26. The van der Waals surface area contributed by atoms with Crippen molar-refractivity contribution in [3.05, 3.63) is 113 Å². The van der Waals surface area contributed by atoms with Crippen LogP contribution in [0.2, 0.25) is 0 Å². The average molecular weight is 401 g/mol. The fourth-order valence-corrected chi connectivity index (χ4v) is 4.26. The maximum Gasteiger partial charge on any atom is 0.154 e. The lowest BCUT2D eigenvalue weighted by molar-refractivity contribution is 0.726. The van der Waals surface area contributed by atoms with E-state index >= 15 is 0 Å². The Bertz CT molecular complexity index is 1450. The molecule has 0 fully saturated rings. The molecule has 0 saturated carbocycles. The molecule has 1 atom stereocenters. The first-order chi connectivity index (χ1) is 15.3. The van der Waals surface area contributed by atoms with Crippen LogP contribution in [0.25, 0.3) is 11.3 Å². The summed E-state index contributed by atoms with van der Waals surface area (Å²) < 4.78 is 3.74. The summed E-state index contributed by atoms with van der Waals surface area (Å²) in [6.07, 6.45) is 7.84. The fourth-order valence-electron chi connectivity index (χ4n) is 4.26. The van der Waals surface area contributed by atoms with Gasteiger partial charge in [-0.05, 0) is 60.2 Å². The van der Waals surface area contributed by atoms with Crippen LogP contribution in [0.5, 0.6) is 0 Å². The number of hydrogen-bond acceptors (Lipinski definition) is 3. The molecule has 148 valence electrons. The summed E-state index contributed by atoms with van der Waals surface area (Å²) in [5, 5.41) is 9.27. The maximum atomic E-state index is 4.96. The third-order valence-electron chi connectivity index (χ3n) is 5.78. The number of rotatable bonds is 2. The summed E-state index contributed by atoms with van der Waals surface area (Å²) in [7, 11) is 0. The van der Waals surface area contributed by atoms with Crippen molar-refractivity contribution in [3.8, 4) is 17.5 Å². The molecule has 5 nitrogen and oxygen atoms in total. The van der Waals surface area contributed by atoms with Crippen LogP contribution in [-0.4, -0.2) is 24.4 Å². The van der Waals surface area contributed by atoms with Crippen LogP contribution in [0, 0.1) is 11.8 Å². The molecule has 31 heavy (non-hydrogen) atoms. The highest BCUT2D eigenvalue weighted by molar-refractivity contribution is 5.49. The lowest BCUT2D eigenvalue weighted by Crippen LogP contribution is -2.01. The van der Waals surface area contributed by atoms with Crippen molar-refractivity contribution >= 4 is 5.65 Å². The van der Waals surface area contributed by atoms with E-state index in [9.17, 15) is 0 Å². The van der Waals surface area contributed by atoms with Crippen LogP contribution in [0.15, 0.2) is 85.3 Å². The number of hydrogen-bond donors (Lipinski definition) is 0. The van der Waals surface area contributed by atoms with Crippen molar-refractivity contribution in [2.45, 2.75) is 18.8 Å². The quantitative estimate of drug-likeness (QED) is 0.412. The van der Waals surface area contributed by atoms with Crippen LogP contribution >= 0.6 is 0 Å². The Morgan fingerprint density at radius 1 is 0.935 bits per heavy atom. The summed E-state index contributed by atoms with van der Waals surface area (Å²) in [6.45, 7) is 0. The molecule has 1 aliphatic rings. The van der Waals surface area contributed by atoms with Crippen LogP contribution < -0.4 is 0 Å². The van der Waals surface area contributed by atoms with E-state index in [-0.39, 0.29) is 0 Å². The molecule has 0 bridgehead atoms. The Morgan fingerprint density at radius 3 is 2.81 bits per heavy atom. The zero-order valence-corrected chi connectivity index (χ0v) is 16.8. The van der Waals surface area contributed by atoms with Gasteiger partial charge in [0, 0.05) is 23.9 Å². The highest BCUT2D eigenvalue weighted by Crippen LogP contribution is 2.37. The smallest absolute Gasteiger partial charge is 0.154 e. The number of nitrogens with zero attached hydrogens (tertiary/aromatic N) is 5. The van der Waals surface area contributed by atoms with E-state index in [1.54, 1.807) is 16.9 Å². The topological polar surface area (TPSA) is 48.0 Å². The highest BCUT2D eigenvalue weighted by Gasteiger charge is 2.27. The Morgan fingerprint density at radius 2 is 1.87 bits per heavy atom. The number of fused-ring (bicyclic) bond motifs is 2. The van der Waals surface area contributed by atoms with E-state index in [0.717, 1.165) is 35.4 Å². The van der Waals surface area contributed by atoms with Crippen molar-refractivity contribution in [1.82, 2.24) is 24.4 Å². The van der Waals surface area contributed by atoms with Gasteiger partial charge in [-0.3, -0.25) is 0 Å². The van der Waals surface area contributed by atoms with E-state index in [1.165, 1.54) is 16.8 Å². The second-order valence-corrected chi connectivity index (χ2v) is 7.72. The predicted molar refractivity (Wildman–Crippen MR) is 119 cm³/mol. The van der Waals surface area contributed by atoms with E-state index in [0.29, 0.717) is 5.92 Å². The van der Waals surface area contributed by atoms with Crippen LogP contribution in [-0.2, 0) is 6.42 Å². The standard InChI is InChI=1S/C26H19N5/c1-2-7-20(8-3-1)24-14-12-21-18-30(29-26(21)24)22-9-4-6-19(16-22)11-13-23-17-27-25-10-5-15-28-31(23)25/h1-10,15-18,24H,12,14H2. The normalized spacial score (nSPS) is 14.9. The summed E-state index contributed by atoms with van der Waals surface area (Å²) in [5.41, 5.74) is 7.38. The zero-order chi connectivity index (χ0) is 20.6. The number of imidazole rings is 1. The Labute approximate surface area is 180 Å². The molecule has 0 radical (unpaired) electrons. The van der Waals surface area contributed by atoms with Crippen LogP contribution in [0.1, 0.15) is 40.4 Å². The highest BCUT2D eigenvalue weighted by atomic mass is 15.3. The van der Waals surface area contributed by atoms with Gasteiger partial charge in [0.15, 0.2) is 5.65 Å². The third-order valence-corrected chi connectivity index (χ3v) is 5.78. The first kappa shape index (κ1) is 17.7. The summed E-state index contributed by atoms with van der Waals surface area (Å²) in [4.78, 5) is 4.34. The first-order valence-corrected chi connectivity index (χ1v) is 10.4. The zero-order valence-electron chi connectivity index (χ0n) is 16.8. The van der Waals surface area contributed by atoms with Crippen molar-refractivity contribution in [2.75, 3.05) is 0 Å². The van der Waals surface area contributed by atoms with Crippen molar-refractivity contribution in [1.29, 1.82) is 0 Å². The minimum Gasteiger partial charge on any atom is -0.240 e. The summed E-state index contributed by atoms with van der Waals surface area (Å²) in [5.74, 6) is 6.81. The van der Waals surface area contributed by atoms with E-state index in [1.807, 2.05) is 28.9 Å². The lowest BCUT2D eigenvalue weighted by Gasteiger charge is -2.10. The molecule has 5 heteroatoms. The van der Waals surface area contributed by atoms with Gasteiger partial charge in [-0.1, -0.05) is 42.3 Å². The Kier molecular flexibility index (Phi) is 4.14. The van der Waals surface area contributed by atoms with Gasteiger partial charge in [-0.15, -0.1) is 0 Å². The van der Waals surface area contributed by atoms with Gasteiger partial charge in [0.2, 0.25) is 0 Å². The minimum atomic E-state index is 0.378. The monoisotopic (exact) mass is 401 g/mol. The molecule has 5 aromatic rings. The molecule has 3 aromatic heterocycles. The first-order valence-electron chi connectivity index (χ1n) is 10.4. The molecule has 1 unspecified atom stereocenters. The van der Waals surface area contributed by atoms with Crippen LogP contribution in [0.4, 0.5) is 0 Å². The second-order valence-electron chi connectivity index (χ2n) is 7.72. The van der Waals surface area contributed by atoms with Gasteiger partial charge in [0.25, 0.3) is 0 Å². The molecular formula is C26H19N5. The van der Waals surface area contributed by atoms with Crippen LogP contribution in [0.3, 0.4) is 0 Å². The molecule has 1 aliphatic carbocycles. The maximum absolute atomic E-state index is 4.96. The van der Waals surface area contributed by atoms with Crippen molar-refractivity contribution in [2.24, 2.45) is 0 Å². The largest absolute Gasteiger partial charge is 0.240 e. The van der Waals surface area contributed by atoms with Crippen molar-refractivity contribution < 1.29 is 0 Å². The van der Waals surface area contributed by atoms with Gasteiger partial charge in [0.05, 0.1) is 17.6 Å². The van der Waals surface area contributed by atoms with Gasteiger partial charge < -0.3 is 0 Å². The Hall–Kier alpha value is -4.17. The van der Waals surface area contributed by atoms with E-state index < -0.39 is 0 Å². The fraction of sp³-hybridized carbons (Fsp3) is 0.115. The third kappa shape index (κ3) is 3.19. The van der Waals surface area contributed by atoms with E-state index in [2.05, 4.69) is 70.6 Å². The lowest BCUT2D eigenvalue weighted by atomic mass is 9.97. The van der Waals surface area contributed by atoms with Crippen molar-refractivity contribution in [3.63, 3.8) is 0 Å². The van der Waals surface area contributed by atoms with Gasteiger partial charge in [0.1, 0.15) is 5.69 Å². The molecule has 0 spiro atoms. The van der Waals surface area contributed by atoms with E-state index in [4.69, 9.17) is 5.10 Å². The molecule has 0 aliphatic heterocycles. The minimum absolute atomic E-state index is 0.378. The molecule has 0 amide bonds. The SMILES string of the molecule is C(#Cc1cnc2cccnn12)c1cccc(-n2cc3c(n2)C(c2ccccc2)CC3)c1. The Balaban J connectivity index is 1.32. The van der Waals surface area contributed by atoms with Gasteiger partial charge in [-0.2, -0.15) is 10.2 Å². The molecule has 3 heterocycles. The molecule has 0 saturated heterocycles. The van der Waals surface area contributed by atoms with Gasteiger partial charge >= 0.3 is 0 Å². The molecule has 0 N–H and O–H groups in total. The number of benzene rings is 2. The molecule has 2 aromatic carbocycles. The summed E-state index contributed by atoms with van der Waals surface area (Å²) >= 11 is 0. The molecule has 6 rings (SSSR count).